The highest BCUT2D eigenvalue weighted by Crippen LogP contribution is 2.33. The molecule has 0 aliphatic carbocycles. The van der Waals surface area contributed by atoms with E-state index in [0.29, 0.717) is 21.3 Å². The summed E-state index contributed by atoms with van der Waals surface area (Å²) in [7, 11) is 0. The number of hydrogen-bond donors (Lipinski definition) is 0. The molecule has 0 amide bonds. The van der Waals surface area contributed by atoms with Crippen molar-refractivity contribution in [3.63, 3.8) is 0 Å². The first-order valence-corrected chi connectivity index (χ1v) is 7.40. The summed E-state index contributed by atoms with van der Waals surface area (Å²) < 4.78 is 6.32. The molecule has 0 bridgehead atoms. The summed E-state index contributed by atoms with van der Waals surface area (Å²) in [6.45, 7) is 0. The molecule has 2 aromatic carbocycles. The Hall–Kier alpha value is -1.91. The standard InChI is InChI=1S/C16H10BrClN2O/c17-15-9-16(20-10-19-15)21-14-7-6-12(8-13(14)18)11-4-2-1-3-5-11/h1-10H. The fourth-order valence-corrected chi connectivity index (χ4v) is 2.39. The number of aromatic nitrogens is 2. The molecule has 21 heavy (non-hydrogen) atoms. The second-order valence-electron chi connectivity index (χ2n) is 4.29. The monoisotopic (exact) mass is 360 g/mol. The Kier molecular flexibility index (Phi) is 4.18. The second kappa shape index (κ2) is 6.24. The van der Waals surface area contributed by atoms with Crippen LogP contribution in [0.4, 0.5) is 0 Å². The lowest BCUT2D eigenvalue weighted by atomic mass is 10.1. The number of rotatable bonds is 3. The molecule has 0 aliphatic heterocycles. The number of ether oxygens (including phenoxy) is 1. The van der Waals surface area contributed by atoms with E-state index in [9.17, 15) is 0 Å². The summed E-state index contributed by atoms with van der Waals surface area (Å²) in [4.78, 5) is 7.98. The van der Waals surface area contributed by atoms with E-state index in [1.807, 2.05) is 48.5 Å². The van der Waals surface area contributed by atoms with Gasteiger partial charge in [0.25, 0.3) is 0 Å². The third-order valence-corrected chi connectivity index (χ3v) is 3.59. The molecule has 0 fully saturated rings. The average Bonchev–Trinajstić information content (AvgIpc) is 2.50. The van der Waals surface area contributed by atoms with E-state index in [1.165, 1.54) is 6.33 Å². The van der Waals surface area contributed by atoms with E-state index in [-0.39, 0.29) is 0 Å². The minimum atomic E-state index is 0.436. The Morgan fingerprint density at radius 2 is 1.71 bits per heavy atom. The van der Waals surface area contributed by atoms with Gasteiger partial charge in [0.1, 0.15) is 16.7 Å². The minimum absolute atomic E-state index is 0.436. The summed E-state index contributed by atoms with van der Waals surface area (Å²) >= 11 is 9.56. The van der Waals surface area contributed by atoms with Gasteiger partial charge in [0, 0.05) is 6.07 Å². The highest BCUT2D eigenvalue weighted by Gasteiger charge is 2.07. The summed E-state index contributed by atoms with van der Waals surface area (Å²) in [5.74, 6) is 0.994. The van der Waals surface area contributed by atoms with E-state index < -0.39 is 0 Å². The number of benzene rings is 2. The van der Waals surface area contributed by atoms with Crippen LogP contribution in [-0.2, 0) is 0 Å². The largest absolute Gasteiger partial charge is 0.437 e. The highest BCUT2D eigenvalue weighted by molar-refractivity contribution is 9.10. The lowest BCUT2D eigenvalue weighted by Crippen LogP contribution is -1.90. The molecule has 5 heteroatoms. The predicted octanol–water partition coefficient (Wildman–Crippen LogP) is 5.35. The van der Waals surface area contributed by atoms with Crippen molar-refractivity contribution >= 4 is 27.5 Å². The third-order valence-electron chi connectivity index (χ3n) is 2.86. The van der Waals surface area contributed by atoms with Gasteiger partial charge in [-0.05, 0) is 39.2 Å². The maximum absolute atomic E-state index is 6.29. The van der Waals surface area contributed by atoms with Gasteiger partial charge in [-0.25, -0.2) is 9.97 Å². The predicted molar refractivity (Wildman–Crippen MR) is 86.7 cm³/mol. The third kappa shape index (κ3) is 3.40. The van der Waals surface area contributed by atoms with Crippen molar-refractivity contribution in [3.05, 3.63) is 70.6 Å². The van der Waals surface area contributed by atoms with Crippen molar-refractivity contribution in [1.29, 1.82) is 0 Å². The van der Waals surface area contributed by atoms with E-state index >= 15 is 0 Å². The Morgan fingerprint density at radius 3 is 2.43 bits per heavy atom. The van der Waals surface area contributed by atoms with Crippen molar-refractivity contribution in [3.8, 4) is 22.8 Å². The van der Waals surface area contributed by atoms with Crippen LogP contribution in [0, 0.1) is 0 Å². The molecule has 3 nitrogen and oxygen atoms in total. The number of hydrogen-bond acceptors (Lipinski definition) is 3. The van der Waals surface area contributed by atoms with Crippen LogP contribution in [0.15, 0.2) is 65.5 Å². The fraction of sp³-hybridized carbons (Fsp3) is 0. The van der Waals surface area contributed by atoms with Crippen molar-refractivity contribution in [2.45, 2.75) is 0 Å². The molecule has 0 saturated heterocycles. The Balaban J connectivity index is 1.88. The van der Waals surface area contributed by atoms with Gasteiger partial charge >= 0.3 is 0 Å². The van der Waals surface area contributed by atoms with Crippen molar-refractivity contribution in [1.82, 2.24) is 9.97 Å². The average molecular weight is 362 g/mol. The van der Waals surface area contributed by atoms with Crippen LogP contribution in [0.25, 0.3) is 11.1 Å². The zero-order chi connectivity index (χ0) is 14.7. The van der Waals surface area contributed by atoms with E-state index in [1.54, 1.807) is 6.07 Å². The number of nitrogens with zero attached hydrogens (tertiary/aromatic N) is 2. The zero-order valence-corrected chi connectivity index (χ0v) is 13.2. The van der Waals surface area contributed by atoms with Crippen LogP contribution in [0.1, 0.15) is 0 Å². The lowest BCUT2D eigenvalue weighted by Gasteiger charge is -2.08. The molecule has 0 radical (unpaired) electrons. The molecular formula is C16H10BrClN2O. The first-order chi connectivity index (χ1) is 10.2. The molecule has 0 atom stereocenters. The highest BCUT2D eigenvalue weighted by atomic mass is 79.9. The first kappa shape index (κ1) is 14.0. The SMILES string of the molecule is Clc1cc(-c2ccccc2)ccc1Oc1cc(Br)ncn1. The summed E-state index contributed by atoms with van der Waals surface area (Å²) in [6.07, 6.45) is 1.42. The van der Waals surface area contributed by atoms with E-state index in [2.05, 4.69) is 25.9 Å². The van der Waals surface area contributed by atoms with E-state index in [0.717, 1.165) is 11.1 Å². The van der Waals surface area contributed by atoms with Gasteiger partial charge in [0.2, 0.25) is 5.88 Å². The van der Waals surface area contributed by atoms with Crippen molar-refractivity contribution in [2.24, 2.45) is 0 Å². The second-order valence-corrected chi connectivity index (χ2v) is 5.51. The van der Waals surface area contributed by atoms with E-state index in [4.69, 9.17) is 16.3 Å². The molecule has 1 aromatic heterocycles. The van der Waals surface area contributed by atoms with Gasteiger partial charge in [-0.15, -0.1) is 0 Å². The summed E-state index contributed by atoms with van der Waals surface area (Å²) in [6, 6.07) is 17.4. The molecular weight excluding hydrogens is 352 g/mol. The van der Waals surface area contributed by atoms with Crippen LogP contribution < -0.4 is 4.74 Å². The normalized spacial score (nSPS) is 10.4. The smallest absolute Gasteiger partial charge is 0.223 e. The number of halogens is 2. The molecule has 0 saturated carbocycles. The minimum Gasteiger partial charge on any atom is -0.437 e. The Labute approximate surface area is 135 Å². The van der Waals surface area contributed by atoms with Crippen LogP contribution in [-0.4, -0.2) is 9.97 Å². The molecule has 0 spiro atoms. The molecule has 0 aliphatic rings. The van der Waals surface area contributed by atoms with Crippen LogP contribution >= 0.6 is 27.5 Å². The molecule has 0 N–H and O–H groups in total. The molecule has 3 aromatic rings. The van der Waals surface area contributed by atoms with Crippen LogP contribution in [0.5, 0.6) is 11.6 Å². The topological polar surface area (TPSA) is 35.0 Å². The van der Waals surface area contributed by atoms with Gasteiger partial charge in [-0.1, -0.05) is 48.0 Å². The van der Waals surface area contributed by atoms with Gasteiger partial charge in [-0.2, -0.15) is 0 Å². The summed E-state index contributed by atoms with van der Waals surface area (Å²) in [5.41, 5.74) is 2.15. The molecule has 104 valence electrons. The quantitative estimate of drug-likeness (QED) is 0.590. The van der Waals surface area contributed by atoms with Crippen molar-refractivity contribution < 1.29 is 4.74 Å². The van der Waals surface area contributed by atoms with Gasteiger partial charge in [0.05, 0.1) is 5.02 Å². The Bertz CT molecular complexity index is 765. The summed E-state index contributed by atoms with van der Waals surface area (Å²) in [5, 5.41) is 0.533. The van der Waals surface area contributed by atoms with Gasteiger partial charge < -0.3 is 4.74 Å². The lowest BCUT2D eigenvalue weighted by molar-refractivity contribution is 0.461. The maximum Gasteiger partial charge on any atom is 0.223 e. The molecule has 0 unspecified atom stereocenters. The van der Waals surface area contributed by atoms with Crippen molar-refractivity contribution in [2.75, 3.05) is 0 Å². The molecule has 3 rings (SSSR count). The Morgan fingerprint density at radius 1 is 0.905 bits per heavy atom. The maximum atomic E-state index is 6.29. The van der Waals surface area contributed by atoms with Crippen LogP contribution in [0.2, 0.25) is 5.02 Å². The molecule has 1 heterocycles. The van der Waals surface area contributed by atoms with Gasteiger partial charge in [-0.3, -0.25) is 0 Å². The zero-order valence-electron chi connectivity index (χ0n) is 10.8. The van der Waals surface area contributed by atoms with Gasteiger partial charge in [0.15, 0.2) is 0 Å². The van der Waals surface area contributed by atoms with Crippen LogP contribution in [0.3, 0.4) is 0 Å². The first-order valence-electron chi connectivity index (χ1n) is 6.23. The fourth-order valence-electron chi connectivity index (χ4n) is 1.88.